The molecule has 1 amide bonds. The molecule has 0 fully saturated rings. The highest BCUT2D eigenvalue weighted by Crippen LogP contribution is 2.17. The summed E-state index contributed by atoms with van der Waals surface area (Å²) in [5.41, 5.74) is 5.81. The number of aryl methyl sites for hydroxylation is 1. The monoisotopic (exact) mass is 150 g/mol. The van der Waals surface area contributed by atoms with Crippen molar-refractivity contribution in [1.29, 1.82) is 0 Å². The lowest BCUT2D eigenvalue weighted by Crippen LogP contribution is -2.10. The van der Waals surface area contributed by atoms with Crippen LogP contribution in [-0.2, 0) is 5.11 Å². The average Bonchev–Trinajstić information content (AvgIpc) is 1.85. The van der Waals surface area contributed by atoms with E-state index in [1.54, 1.807) is 13.0 Å². The van der Waals surface area contributed by atoms with E-state index in [9.17, 15) is 9.90 Å². The van der Waals surface area contributed by atoms with Gasteiger partial charge in [0.05, 0.1) is 5.56 Å². The van der Waals surface area contributed by atoms with Crippen molar-refractivity contribution in [3.8, 4) is 5.75 Å². The van der Waals surface area contributed by atoms with Crippen LogP contribution in [-0.4, -0.2) is 5.91 Å². The van der Waals surface area contributed by atoms with Crippen LogP contribution in [0.15, 0.2) is 18.2 Å². The van der Waals surface area contributed by atoms with Gasteiger partial charge in [0.15, 0.2) is 5.75 Å². The number of hydrogen-bond acceptors (Lipinski definition) is 1. The summed E-state index contributed by atoms with van der Waals surface area (Å²) < 4.78 is 0. The number of primary amides is 1. The van der Waals surface area contributed by atoms with Gasteiger partial charge in [-0.25, -0.2) is 0 Å². The van der Waals surface area contributed by atoms with Gasteiger partial charge in [0.2, 0.25) is 0 Å². The molecule has 0 bridgehead atoms. The van der Waals surface area contributed by atoms with Gasteiger partial charge in [0.25, 0.3) is 5.91 Å². The zero-order valence-electron chi connectivity index (χ0n) is 6.13. The van der Waals surface area contributed by atoms with Gasteiger partial charge in [0.1, 0.15) is 0 Å². The number of rotatable bonds is 1. The van der Waals surface area contributed by atoms with E-state index in [1.807, 2.05) is 0 Å². The Kier molecular flexibility index (Phi) is 1.81. The van der Waals surface area contributed by atoms with Crippen LogP contribution in [0.2, 0.25) is 0 Å². The molecule has 3 nitrogen and oxygen atoms in total. The Labute approximate surface area is 64.5 Å². The number of amides is 1. The van der Waals surface area contributed by atoms with Crippen LogP contribution >= 0.6 is 0 Å². The summed E-state index contributed by atoms with van der Waals surface area (Å²) in [7, 11) is 0. The van der Waals surface area contributed by atoms with Crippen molar-refractivity contribution >= 4 is 5.91 Å². The fourth-order valence-electron chi connectivity index (χ4n) is 0.833. The van der Waals surface area contributed by atoms with Gasteiger partial charge >= 0.3 is 0 Å². The highest BCUT2D eigenvalue weighted by atomic mass is 16.3. The molecule has 0 saturated heterocycles. The minimum Gasteiger partial charge on any atom is -0.365 e. The van der Waals surface area contributed by atoms with Crippen molar-refractivity contribution in [3.63, 3.8) is 0 Å². The van der Waals surface area contributed by atoms with Crippen molar-refractivity contribution in [2.24, 2.45) is 5.73 Å². The van der Waals surface area contributed by atoms with Crippen molar-refractivity contribution in [2.75, 3.05) is 0 Å². The lowest BCUT2D eigenvalue weighted by molar-refractivity contribution is 0.0996. The first-order chi connectivity index (χ1) is 5.11. The summed E-state index contributed by atoms with van der Waals surface area (Å²) in [5.74, 6) is -0.979. The molecule has 0 aromatic heterocycles. The molecular formula is C8H8NO2. The maximum atomic E-state index is 11.0. The normalized spacial score (nSPS) is 9.55. The Hall–Kier alpha value is -1.51. The second-order valence-corrected chi connectivity index (χ2v) is 2.36. The predicted octanol–water partition coefficient (Wildman–Crippen LogP) is 1.24. The van der Waals surface area contributed by atoms with Crippen LogP contribution in [0.3, 0.4) is 0 Å². The fraction of sp³-hybridized carbons (Fsp3) is 0.125. The first-order valence-corrected chi connectivity index (χ1v) is 3.18. The first-order valence-electron chi connectivity index (χ1n) is 3.18. The summed E-state index contributed by atoms with van der Waals surface area (Å²) in [4.78, 5) is 10.6. The van der Waals surface area contributed by atoms with Gasteiger partial charge in [-0.15, -0.1) is 0 Å². The summed E-state index contributed by atoms with van der Waals surface area (Å²) >= 11 is 0. The molecule has 0 unspecified atom stereocenters. The van der Waals surface area contributed by atoms with Crippen molar-refractivity contribution in [2.45, 2.75) is 6.92 Å². The van der Waals surface area contributed by atoms with Crippen LogP contribution in [0.5, 0.6) is 5.75 Å². The third-order valence-electron chi connectivity index (χ3n) is 1.40. The summed E-state index contributed by atoms with van der Waals surface area (Å²) in [6.45, 7) is 1.78. The zero-order valence-corrected chi connectivity index (χ0v) is 6.13. The molecule has 0 aliphatic carbocycles. The van der Waals surface area contributed by atoms with Gasteiger partial charge in [0, 0.05) is 0 Å². The van der Waals surface area contributed by atoms with Gasteiger partial charge in [-0.1, -0.05) is 6.07 Å². The van der Waals surface area contributed by atoms with E-state index in [4.69, 9.17) is 5.73 Å². The summed E-state index contributed by atoms with van der Waals surface area (Å²) in [5, 5.41) is 11.0. The quantitative estimate of drug-likeness (QED) is 0.643. The topological polar surface area (TPSA) is 63.0 Å². The third kappa shape index (κ3) is 1.49. The third-order valence-corrected chi connectivity index (χ3v) is 1.40. The van der Waals surface area contributed by atoms with Crippen LogP contribution < -0.4 is 5.73 Å². The highest BCUT2D eigenvalue weighted by molar-refractivity contribution is 5.95. The van der Waals surface area contributed by atoms with Crippen molar-refractivity contribution in [3.05, 3.63) is 29.3 Å². The average molecular weight is 150 g/mol. The lowest BCUT2D eigenvalue weighted by atomic mass is 10.1. The van der Waals surface area contributed by atoms with E-state index in [1.165, 1.54) is 12.1 Å². The van der Waals surface area contributed by atoms with Crippen LogP contribution in [0.25, 0.3) is 0 Å². The number of benzene rings is 1. The first kappa shape index (κ1) is 7.60. The molecule has 2 N–H and O–H groups in total. The molecule has 0 aliphatic heterocycles. The number of nitrogens with two attached hydrogens (primary N) is 1. The molecule has 1 aromatic rings. The fourth-order valence-corrected chi connectivity index (χ4v) is 0.833. The second-order valence-electron chi connectivity index (χ2n) is 2.36. The Morgan fingerprint density at radius 1 is 1.45 bits per heavy atom. The van der Waals surface area contributed by atoms with E-state index in [2.05, 4.69) is 0 Å². The number of carbonyl (C=O) groups excluding carboxylic acids is 1. The molecule has 1 rings (SSSR count). The Morgan fingerprint density at radius 2 is 2.09 bits per heavy atom. The smallest absolute Gasteiger partial charge is 0.252 e. The Morgan fingerprint density at radius 3 is 2.55 bits per heavy atom. The standard InChI is InChI=1S/C8H8NO2/c1-5-2-3-6(8(9)11)7(10)4-5/h2-4H,1H3,(H2,9,11). The number of carbonyl (C=O) groups is 1. The van der Waals surface area contributed by atoms with Gasteiger partial charge in [-0.2, -0.15) is 0 Å². The Bertz CT molecular complexity index is 294. The van der Waals surface area contributed by atoms with E-state index in [0.29, 0.717) is 0 Å². The maximum Gasteiger partial charge on any atom is 0.252 e. The minimum absolute atomic E-state index is 0.0515. The predicted molar refractivity (Wildman–Crippen MR) is 39.8 cm³/mol. The maximum absolute atomic E-state index is 11.0. The van der Waals surface area contributed by atoms with E-state index >= 15 is 0 Å². The molecule has 0 heterocycles. The molecular weight excluding hydrogens is 142 g/mol. The van der Waals surface area contributed by atoms with Gasteiger partial charge in [-0.3, -0.25) is 9.90 Å². The molecule has 0 spiro atoms. The molecule has 0 aliphatic rings. The molecule has 11 heavy (non-hydrogen) atoms. The lowest BCUT2D eigenvalue weighted by Gasteiger charge is -1.96. The van der Waals surface area contributed by atoms with Crippen LogP contribution in [0.4, 0.5) is 0 Å². The summed E-state index contributed by atoms with van der Waals surface area (Å²) in [6, 6.07) is 4.52. The van der Waals surface area contributed by atoms with E-state index in [-0.39, 0.29) is 11.3 Å². The van der Waals surface area contributed by atoms with Crippen molar-refractivity contribution in [1.82, 2.24) is 0 Å². The summed E-state index contributed by atoms with van der Waals surface area (Å²) in [6.07, 6.45) is 0. The zero-order chi connectivity index (χ0) is 8.43. The van der Waals surface area contributed by atoms with Crippen molar-refractivity contribution < 1.29 is 9.90 Å². The largest absolute Gasteiger partial charge is 0.365 e. The molecule has 1 radical (unpaired) electrons. The van der Waals surface area contributed by atoms with E-state index in [0.717, 1.165) is 5.56 Å². The highest BCUT2D eigenvalue weighted by Gasteiger charge is 2.07. The number of hydrogen-bond donors (Lipinski definition) is 1. The Balaban J connectivity index is 3.20. The van der Waals surface area contributed by atoms with Crippen LogP contribution in [0, 0.1) is 6.92 Å². The molecule has 0 atom stereocenters. The molecule has 0 saturated carbocycles. The van der Waals surface area contributed by atoms with E-state index < -0.39 is 5.91 Å². The molecule has 57 valence electrons. The SMILES string of the molecule is Cc1ccc(C(N)=O)c([O])c1. The molecule has 3 heteroatoms. The second kappa shape index (κ2) is 2.62. The van der Waals surface area contributed by atoms with Crippen LogP contribution in [0.1, 0.15) is 15.9 Å². The van der Waals surface area contributed by atoms with Gasteiger partial charge in [-0.05, 0) is 24.6 Å². The van der Waals surface area contributed by atoms with Gasteiger partial charge < -0.3 is 5.73 Å². The molecule has 1 aromatic carbocycles. The minimum atomic E-state index is -0.671.